The molecule has 4 heterocycles. The fraction of sp³-hybridized carbons (Fsp3) is 0.148. The molecular formula is C27H24N6O. The molecule has 5 aromatic rings. The number of hydrogen-bond acceptors (Lipinski definition) is 6. The van der Waals surface area contributed by atoms with Gasteiger partial charge in [0.05, 0.1) is 42.0 Å². The molecule has 7 nitrogen and oxygen atoms in total. The number of aromatic nitrogens is 4. The molecule has 0 saturated carbocycles. The van der Waals surface area contributed by atoms with Crippen LogP contribution in [0.25, 0.3) is 40.0 Å². The predicted octanol–water partition coefficient (Wildman–Crippen LogP) is 4.53. The highest BCUT2D eigenvalue weighted by Crippen LogP contribution is 2.28. The fourth-order valence-electron chi connectivity index (χ4n) is 4.27. The first-order valence-corrected chi connectivity index (χ1v) is 11.4. The molecule has 0 spiro atoms. The number of fused-ring (bicyclic) bond motifs is 2. The summed E-state index contributed by atoms with van der Waals surface area (Å²) in [7, 11) is 0. The summed E-state index contributed by atoms with van der Waals surface area (Å²) < 4.78 is 7.64. The number of para-hydroxylation sites is 1. The van der Waals surface area contributed by atoms with Gasteiger partial charge < -0.3 is 15.4 Å². The van der Waals surface area contributed by atoms with E-state index in [1.165, 1.54) is 0 Å². The number of rotatable bonds is 4. The van der Waals surface area contributed by atoms with E-state index in [1.54, 1.807) is 0 Å². The summed E-state index contributed by atoms with van der Waals surface area (Å²) >= 11 is 0. The minimum atomic E-state index is 0.689. The fourth-order valence-corrected chi connectivity index (χ4v) is 4.27. The Labute approximate surface area is 197 Å². The summed E-state index contributed by atoms with van der Waals surface area (Å²) in [5, 5.41) is 1.13. The molecule has 1 saturated heterocycles. The number of morpholine rings is 1. The molecular weight excluding hydrogens is 424 g/mol. The number of hydrogen-bond donors (Lipinski definition) is 1. The summed E-state index contributed by atoms with van der Waals surface area (Å²) in [6.45, 7) is 2.97. The van der Waals surface area contributed by atoms with Crippen LogP contribution in [0.4, 0.5) is 11.5 Å². The molecule has 6 rings (SSSR count). The Morgan fingerprint density at radius 3 is 2.50 bits per heavy atom. The van der Waals surface area contributed by atoms with Gasteiger partial charge in [0.15, 0.2) is 11.5 Å². The van der Waals surface area contributed by atoms with Crippen LogP contribution < -0.4 is 10.6 Å². The summed E-state index contributed by atoms with van der Waals surface area (Å²) in [6.07, 6.45) is 7.95. The van der Waals surface area contributed by atoms with Crippen molar-refractivity contribution in [1.29, 1.82) is 0 Å². The van der Waals surface area contributed by atoms with Crippen LogP contribution in [0.1, 0.15) is 11.4 Å². The van der Waals surface area contributed by atoms with Crippen molar-refractivity contribution >= 4 is 40.2 Å². The van der Waals surface area contributed by atoms with Crippen molar-refractivity contribution in [2.24, 2.45) is 0 Å². The molecule has 1 fully saturated rings. The van der Waals surface area contributed by atoms with Crippen LogP contribution in [0.3, 0.4) is 0 Å². The third-order valence-corrected chi connectivity index (χ3v) is 6.06. The third-order valence-electron chi connectivity index (χ3n) is 6.06. The van der Waals surface area contributed by atoms with Gasteiger partial charge in [-0.3, -0.25) is 4.40 Å². The maximum absolute atomic E-state index is 5.90. The van der Waals surface area contributed by atoms with Crippen LogP contribution >= 0.6 is 0 Å². The van der Waals surface area contributed by atoms with Gasteiger partial charge in [-0.2, -0.15) is 0 Å². The Balaban J connectivity index is 1.43. The van der Waals surface area contributed by atoms with Gasteiger partial charge in [-0.05, 0) is 36.4 Å². The second kappa shape index (κ2) is 8.61. The minimum absolute atomic E-state index is 0.689. The van der Waals surface area contributed by atoms with Gasteiger partial charge in [-0.25, -0.2) is 15.0 Å². The monoisotopic (exact) mass is 448 g/mol. The van der Waals surface area contributed by atoms with E-state index < -0.39 is 0 Å². The van der Waals surface area contributed by atoms with E-state index in [1.807, 2.05) is 73.1 Å². The molecule has 0 bridgehead atoms. The molecule has 2 aromatic carbocycles. The Bertz CT molecular complexity index is 1500. The van der Waals surface area contributed by atoms with Gasteiger partial charge in [-0.15, -0.1) is 0 Å². The van der Waals surface area contributed by atoms with Crippen molar-refractivity contribution < 1.29 is 4.74 Å². The lowest BCUT2D eigenvalue weighted by Gasteiger charge is -2.28. The predicted molar refractivity (Wildman–Crippen MR) is 137 cm³/mol. The highest BCUT2D eigenvalue weighted by molar-refractivity contribution is 5.81. The number of nitrogens with two attached hydrogens (primary N) is 1. The second-order valence-corrected chi connectivity index (χ2v) is 8.31. The average Bonchev–Trinajstić information content (AvgIpc) is 3.32. The number of pyridine rings is 1. The van der Waals surface area contributed by atoms with E-state index in [-0.39, 0.29) is 0 Å². The van der Waals surface area contributed by atoms with Gasteiger partial charge in [0, 0.05) is 35.9 Å². The third kappa shape index (κ3) is 3.86. The molecule has 2 N–H and O–H groups in total. The first-order valence-electron chi connectivity index (χ1n) is 11.4. The molecule has 3 aromatic heterocycles. The maximum Gasteiger partial charge on any atom is 0.181 e. The van der Waals surface area contributed by atoms with Gasteiger partial charge in [0.1, 0.15) is 0 Å². The summed E-state index contributed by atoms with van der Waals surface area (Å²) in [5.74, 6) is 0.867. The Hall–Kier alpha value is -4.23. The molecule has 1 aliphatic rings. The average molecular weight is 449 g/mol. The molecule has 7 heteroatoms. The second-order valence-electron chi connectivity index (χ2n) is 8.31. The van der Waals surface area contributed by atoms with Gasteiger partial charge in [-0.1, -0.05) is 36.4 Å². The van der Waals surface area contributed by atoms with E-state index in [9.17, 15) is 0 Å². The van der Waals surface area contributed by atoms with E-state index in [0.29, 0.717) is 13.2 Å². The van der Waals surface area contributed by atoms with E-state index >= 15 is 0 Å². The largest absolute Gasteiger partial charge is 0.399 e. The van der Waals surface area contributed by atoms with Crippen molar-refractivity contribution in [3.63, 3.8) is 0 Å². The molecule has 0 amide bonds. The zero-order valence-electron chi connectivity index (χ0n) is 18.6. The van der Waals surface area contributed by atoms with Crippen molar-refractivity contribution in [2.75, 3.05) is 36.9 Å². The van der Waals surface area contributed by atoms with Crippen molar-refractivity contribution in [3.05, 3.63) is 84.4 Å². The summed E-state index contributed by atoms with van der Waals surface area (Å²) in [6, 6.07) is 20.1. The number of benzene rings is 2. The molecule has 0 radical (unpaired) electrons. The molecule has 0 unspecified atom stereocenters. The number of ether oxygens (including phenoxy) is 1. The summed E-state index contributed by atoms with van der Waals surface area (Å²) in [4.78, 5) is 16.7. The van der Waals surface area contributed by atoms with Crippen molar-refractivity contribution in [1.82, 2.24) is 19.4 Å². The van der Waals surface area contributed by atoms with Gasteiger partial charge in [0.25, 0.3) is 0 Å². The molecule has 0 atom stereocenters. The Kier molecular flexibility index (Phi) is 5.16. The van der Waals surface area contributed by atoms with Crippen molar-refractivity contribution in [3.8, 4) is 11.3 Å². The maximum atomic E-state index is 5.90. The van der Waals surface area contributed by atoms with E-state index in [0.717, 1.165) is 63.8 Å². The zero-order chi connectivity index (χ0) is 22.9. The van der Waals surface area contributed by atoms with Crippen LogP contribution in [0.2, 0.25) is 0 Å². The van der Waals surface area contributed by atoms with Crippen LogP contribution in [-0.2, 0) is 4.74 Å². The number of nitrogens with zero attached hydrogens (tertiary/aromatic N) is 5. The lowest BCUT2D eigenvalue weighted by molar-refractivity contribution is 0.122. The van der Waals surface area contributed by atoms with Gasteiger partial charge in [0.2, 0.25) is 0 Å². The standard InChI is InChI=1S/C27H24N6O/c28-21-8-5-20(6-9-21)25-17-29-26(32-13-15-34-16-14-32)27-31-23(18-33(25)27)12-11-22-10-7-19-3-1-2-4-24(19)30-22/h1-12,17-18H,13-16,28H2. The first-order chi connectivity index (χ1) is 16.7. The van der Waals surface area contributed by atoms with Crippen LogP contribution in [0, 0.1) is 0 Å². The quantitative estimate of drug-likeness (QED) is 0.407. The van der Waals surface area contributed by atoms with E-state index in [2.05, 4.69) is 21.4 Å². The molecule has 0 aliphatic carbocycles. The molecule has 34 heavy (non-hydrogen) atoms. The Morgan fingerprint density at radius 1 is 0.853 bits per heavy atom. The van der Waals surface area contributed by atoms with Crippen LogP contribution in [0.15, 0.2) is 73.1 Å². The topological polar surface area (TPSA) is 81.6 Å². The summed E-state index contributed by atoms with van der Waals surface area (Å²) in [5.41, 5.74) is 12.2. The smallest absolute Gasteiger partial charge is 0.181 e. The number of imidazole rings is 1. The highest BCUT2D eigenvalue weighted by Gasteiger charge is 2.19. The van der Waals surface area contributed by atoms with E-state index in [4.69, 9.17) is 25.4 Å². The lowest BCUT2D eigenvalue weighted by Crippen LogP contribution is -2.37. The molecule has 1 aliphatic heterocycles. The number of anilines is 2. The zero-order valence-corrected chi connectivity index (χ0v) is 18.6. The normalized spacial score (nSPS) is 14.4. The highest BCUT2D eigenvalue weighted by atomic mass is 16.5. The van der Waals surface area contributed by atoms with Crippen molar-refractivity contribution in [2.45, 2.75) is 0 Å². The van der Waals surface area contributed by atoms with Gasteiger partial charge >= 0.3 is 0 Å². The number of nitrogen functional groups attached to an aromatic ring is 1. The minimum Gasteiger partial charge on any atom is -0.399 e. The SMILES string of the molecule is Nc1ccc(-c2cnc(N3CCOCC3)c3nc(C=Cc4ccc5ccccc5n4)cn23)cc1. The lowest BCUT2D eigenvalue weighted by atomic mass is 10.1. The molecule has 168 valence electrons. The van der Waals surface area contributed by atoms with Crippen LogP contribution in [0.5, 0.6) is 0 Å². The Morgan fingerprint density at radius 2 is 1.65 bits per heavy atom. The van der Waals surface area contributed by atoms with Crippen LogP contribution in [-0.4, -0.2) is 45.7 Å². The first kappa shape index (κ1) is 20.4.